The Morgan fingerprint density at radius 3 is 2.16 bits per heavy atom. The highest BCUT2D eigenvalue weighted by Crippen LogP contribution is 2.14. The lowest BCUT2D eigenvalue weighted by Gasteiger charge is -2.11. The van der Waals surface area contributed by atoms with E-state index < -0.39 is 22.0 Å². The molecule has 0 unspecified atom stereocenters. The molecule has 1 atom stereocenters. The number of nitrogens with two attached hydrogens (primary N) is 1. The smallest absolute Gasteiger partial charge is 0.241 e. The van der Waals surface area contributed by atoms with E-state index in [1.54, 1.807) is 0 Å². The summed E-state index contributed by atoms with van der Waals surface area (Å²) in [7, 11) is -3.81. The van der Waals surface area contributed by atoms with E-state index in [0.717, 1.165) is 0 Å². The Balaban J connectivity index is 2.90. The average molecular weight is 285 g/mol. The highest BCUT2D eigenvalue weighted by Gasteiger charge is 2.20. The molecule has 0 saturated carbocycles. The summed E-state index contributed by atoms with van der Waals surface area (Å²) in [5, 5.41) is 2.51. The normalized spacial score (nSPS) is 12.7. The predicted molar refractivity (Wildman–Crippen MR) is 69.7 cm³/mol. The maximum Gasteiger partial charge on any atom is 0.241 e. The van der Waals surface area contributed by atoms with Crippen LogP contribution in [0.1, 0.15) is 13.8 Å². The first-order valence-corrected chi connectivity index (χ1v) is 6.90. The lowest BCUT2D eigenvalue weighted by Crippen LogP contribution is -2.42. The van der Waals surface area contributed by atoms with Crippen LogP contribution < -0.4 is 15.8 Å². The minimum absolute atomic E-state index is 0.0188. The number of benzene rings is 1. The van der Waals surface area contributed by atoms with Gasteiger partial charge in [-0.2, -0.15) is 4.72 Å². The molecule has 1 aromatic carbocycles. The number of primary amides is 1. The monoisotopic (exact) mass is 285 g/mol. The standard InChI is InChI=1S/C11H15N3O4S/c1-7(11(12)16)14-19(17,18)10-5-3-9(4-6-10)13-8(2)15/h3-7,14H,1-2H3,(H2,12,16)(H,13,15)/t7-/m1/s1. The molecule has 1 rings (SSSR count). The summed E-state index contributed by atoms with van der Waals surface area (Å²) in [6, 6.07) is 4.54. The molecular weight excluding hydrogens is 270 g/mol. The zero-order chi connectivity index (χ0) is 14.6. The minimum Gasteiger partial charge on any atom is -0.368 e. The number of sulfonamides is 1. The number of anilines is 1. The van der Waals surface area contributed by atoms with Crippen LogP contribution in [0.25, 0.3) is 0 Å². The van der Waals surface area contributed by atoms with Crippen molar-refractivity contribution in [3.63, 3.8) is 0 Å². The van der Waals surface area contributed by atoms with E-state index in [9.17, 15) is 18.0 Å². The first-order valence-electron chi connectivity index (χ1n) is 5.41. The Morgan fingerprint density at radius 1 is 1.21 bits per heavy atom. The van der Waals surface area contributed by atoms with Crippen molar-refractivity contribution in [2.75, 3.05) is 5.32 Å². The van der Waals surface area contributed by atoms with Gasteiger partial charge < -0.3 is 11.1 Å². The lowest BCUT2D eigenvalue weighted by molar-refractivity contribution is -0.119. The molecule has 0 aliphatic carbocycles. The van der Waals surface area contributed by atoms with Crippen molar-refractivity contribution in [1.82, 2.24) is 4.72 Å². The van der Waals surface area contributed by atoms with E-state index in [0.29, 0.717) is 5.69 Å². The molecule has 0 radical (unpaired) electrons. The maximum absolute atomic E-state index is 11.9. The molecule has 4 N–H and O–H groups in total. The minimum atomic E-state index is -3.81. The number of carbonyl (C=O) groups excluding carboxylic acids is 2. The van der Waals surface area contributed by atoms with Crippen LogP contribution in [0.5, 0.6) is 0 Å². The van der Waals surface area contributed by atoms with E-state index in [1.807, 2.05) is 0 Å². The molecular formula is C11H15N3O4S. The third-order valence-electron chi connectivity index (χ3n) is 2.24. The molecule has 7 nitrogen and oxygen atoms in total. The van der Waals surface area contributed by atoms with Crippen molar-refractivity contribution in [1.29, 1.82) is 0 Å². The van der Waals surface area contributed by atoms with Gasteiger partial charge in [-0.05, 0) is 31.2 Å². The fraction of sp³-hybridized carbons (Fsp3) is 0.273. The van der Waals surface area contributed by atoms with Crippen LogP contribution in [-0.4, -0.2) is 26.3 Å². The second kappa shape index (κ2) is 5.81. The number of hydrogen-bond acceptors (Lipinski definition) is 4. The molecule has 19 heavy (non-hydrogen) atoms. The van der Waals surface area contributed by atoms with Crippen LogP contribution in [0.2, 0.25) is 0 Å². The highest BCUT2D eigenvalue weighted by atomic mass is 32.2. The summed E-state index contributed by atoms with van der Waals surface area (Å²) >= 11 is 0. The Hall–Kier alpha value is -1.93. The van der Waals surface area contributed by atoms with E-state index >= 15 is 0 Å². The first-order chi connectivity index (χ1) is 8.72. The predicted octanol–water partition coefficient (Wildman–Crippen LogP) is -0.203. The second-order valence-electron chi connectivity index (χ2n) is 3.95. The molecule has 8 heteroatoms. The van der Waals surface area contributed by atoms with Crippen LogP contribution in [0, 0.1) is 0 Å². The zero-order valence-corrected chi connectivity index (χ0v) is 11.3. The summed E-state index contributed by atoms with van der Waals surface area (Å²) in [6.07, 6.45) is 0. The molecule has 2 amide bonds. The summed E-state index contributed by atoms with van der Waals surface area (Å²) in [5.41, 5.74) is 5.47. The molecule has 0 aromatic heterocycles. The molecule has 0 spiro atoms. The van der Waals surface area contributed by atoms with Crippen molar-refractivity contribution in [3.05, 3.63) is 24.3 Å². The van der Waals surface area contributed by atoms with Gasteiger partial charge in [0.2, 0.25) is 21.8 Å². The molecule has 0 heterocycles. The number of nitrogens with one attached hydrogen (secondary N) is 2. The van der Waals surface area contributed by atoms with Crippen LogP contribution >= 0.6 is 0 Å². The summed E-state index contributed by atoms with van der Waals surface area (Å²) in [5.74, 6) is -1.02. The van der Waals surface area contributed by atoms with Gasteiger partial charge >= 0.3 is 0 Å². The van der Waals surface area contributed by atoms with Crippen molar-refractivity contribution in [2.45, 2.75) is 24.8 Å². The molecule has 1 aromatic rings. The molecule has 0 bridgehead atoms. The second-order valence-corrected chi connectivity index (χ2v) is 5.66. The van der Waals surface area contributed by atoms with E-state index in [-0.39, 0.29) is 10.8 Å². The average Bonchev–Trinajstić information content (AvgIpc) is 2.28. The zero-order valence-electron chi connectivity index (χ0n) is 10.5. The van der Waals surface area contributed by atoms with Crippen LogP contribution in [0.4, 0.5) is 5.69 Å². The van der Waals surface area contributed by atoms with Gasteiger partial charge in [-0.1, -0.05) is 0 Å². The summed E-state index contributed by atoms with van der Waals surface area (Å²) in [6.45, 7) is 2.70. The Kier molecular flexibility index (Phi) is 4.62. The van der Waals surface area contributed by atoms with Crippen molar-refractivity contribution < 1.29 is 18.0 Å². The topological polar surface area (TPSA) is 118 Å². The SMILES string of the molecule is CC(=O)Nc1ccc(S(=O)(=O)N[C@H](C)C(N)=O)cc1. The molecule has 104 valence electrons. The van der Waals surface area contributed by atoms with Gasteiger partial charge in [0, 0.05) is 12.6 Å². The third-order valence-corrected chi connectivity index (χ3v) is 3.80. The lowest BCUT2D eigenvalue weighted by atomic mass is 10.3. The van der Waals surface area contributed by atoms with E-state index in [1.165, 1.54) is 38.1 Å². The van der Waals surface area contributed by atoms with Gasteiger partial charge in [-0.3, -0.25) is 9.59 Å². The molecule has 0 aliphatic rings. The molecule has 0 saturated heterocycles. The first kappa shape index (κ1) is 15.1. The number of rotatable bonds is 5. The van der Waals surface area contributed by atoms with Gasteiger partial charge in [0.25, 0.3) is 0 Å². The maximum atomic E-state index is 11.9. The molecule has 0 fully saturated rings. The van der Waals surface area contributed by atoms with Crippen molar-refractivity contribution in [3.8, 4) is 0 Å². The van der Waals surface area contributed by atoms with Gasteiger partial charge in [0.05, 0.1) is 10.9 Å². The summed E-state index contributed by atoms with van der Waals surface area (Å²) in [4.78, 5) is 21.6. The third kappa shape index (κ3) is 4.34. The van der Waals surface area contributed by atoms with E-state index in [4.69, 9.17) is 5.73 Å². The van der Waals surface area contributed by atoms with Gasteiger partial charge in [0.15, 0.2) is 0 Å². The Bertz CT molecular complexity index is 580. The number of hydrogen-bond donors (Lipinski definition) is 3. The van der Waals surface area contributed by atoms with E-state index in [2.05, 4.69) is 10.0 Å². The highest BCUT2D eigenvalue weighted by molar-refractivity contribution is 7.89. The molecule has 0 aliphatic heterocycles. The fourth-order valence-electron chi connectivity index (χ4n) is 1.28. The van der Waals surface area contributed by atoms with Crippen molar-refractivity contribution in [2.24, 2.45) is 5.73 Å². The quantitative estimate of drug-likeness (QED) is 0.694. The summed E-state index contributed by atoms with van der Waals surface area (Å²) < 4.78 is 25.9. The van der Waals surface area contributed by atoms with Crippen LogP contribution in [0.3, 0.4) is 0 Å². The largest absolute Gasteiger partial charge is 0.368 e. The van der Waals surface area contributed by atoms with Crippen LogP contribution in [-0.2, 0) is 19.6 Å². The Labute approximate surface area is 111 Å². The number of carbonyl (C=O) groups is 2. The number of amides is 2. The van der Waals surface area contributed by atoms with Gasteiger partial charge in [0.1, 0.15) is 0 Å². The van der Waals surface area contributed by atoms with Gasteiger partial charge in [-0.25, -0.2) is 8.42 Å². The fourth-order valence-corrected chi connectivity index (χ4v) is 2.49. The Morgan fingerprint density at radius 2 is 1.74 bits per heavy atom. The van der Waals surface area contributed by atoms with Crippen LogP contribution in [0.15, 0.2) is 29.2 Å². The van der Waals surface area contributed by atoms with Gasteiger partial charge in [-0.15, -0.1) is 0 Å². The van der Waals surface area contributed by atoms with Crippen molar-refractivity contribution >= 4 is 27.5 Å².